The molecule has 20 heavy (non-hydrogen) atoms. The Morgan fingerprint density at radius 2 is 2.00 bits per heavy atom. The van der Waals surface area contributed by atoms with E-state index >= 15 is 0 Å². The molecule has 1 aromatic rings. The molecule has 7 heteroatoms. The molecule has 0 aliphatic rings. The quantitative estimate of drug-likeness (QED) is 0.873. The molecular weight excluding hydrogens is 275 g/mol. The third kappa shape index (κ3) is 4.56. The molecule has 0 heterocycles. The first-order valence-corrected chi connectivity index (χ1v) is 5.92. The molecule has 0 fully saturated rings. The largest absolute Gasteiger partial charge is 0.480 e. The number of halogens is 3. The molecule has 1 atom stereocenters. The van der Waals surface area contributed by atoms with Gasteiger partial charge in [0.15, 0.2) is 0 Å². The van der Waals surface area contributed by atoms with E-state index in [0.29, 0.717) is 0 Å². The maximum Gasteiger partial charge on any atom is 0.416 e. The van der Waals surface area contributed by atoms with E-state index in [1.54, 1.807) is 6.92 Å². The van der Waals surface area contributed by atoms with Crippen LogP contribution < -0.4 is 5.32 Å². The summed E-state index contributed by atoms with van der Waals surface area (Å²) in [5.74, 6) is -1.80. The lowest BCUT2D eigenvalue weighted by Crippen LogP contribution is -2.40. The predicted octanol–water partition coefficient (Wildman–Crippen LogP) is 2.23. The summed E-state index contributed by atoms with van der Waals surface area (Å²) in [6.45, 7) is 1.59. The van der Waals surface area contributed by atoms with Crippen molar-refractivity contribution < 1.29 is 27.9 Å². The molecule has 0 aliphatic heterocycles. The Kier molecular flexibility index (Phi) is 5.12. The fourth-order valence-electron chi connectivity index (χ4n) is 1.63. The SMILES string of the molecule is CC[C@H](NC(=O)Cc1cccc(C(F)(F)F)c1)C(=O)O. The highest BCUT2D eigenvalue weighted by Gasteiger charge is 2.30. The number of carbonyl (C=O) groups excluding carboxylic acids is 1. The number of benzene rings is 1. The van der Waals surface area contributed by atoms with E-state index in [9.17, 15) is 22.8 Å². The first kappa shape index (κ1) is 16.0. The van der Waals surface area contributed by atoms with Crippen LogP contribution in [0, 0.1) is 0 Å². The zero-order valence-electron chi connectivity index (χ0n) is 10.7. The number of alkyl halides is 3. The van der Waals surface area contributed by atoms with E-state index in [2.05, 4.69) is 5.32 Å². The number of hydrogen-bond acceptors (Lipinski definition) is 2. The number of carboxylic acid groups (broad SMARTS) is 1. The lowest BCUT2D eigenvalue weighted by atomic mass is 10.1. The van der Waals surface area contributed by atoms with Crippen LogP contribution in [0.1, 0.15) is 24.5 Å². The van der Waals surface area contributed by atoms with E-state index < -0.39 is 29.7 Å². The molecule has 0 saturated heterocycles. The van der Waals surface area contributed by atoms with Gasteiger partial charge in [0.2, 0.25) is 5.91 Å². The number of aliphatic carboxylic acids is 1. The number of nitrogens with one attached hydrogen (secondary N) is 1. The Hall–Kier alpha value is -2.05. The van der Waals surface area contributed by atoms with Crippen molar-refractivity contribution in [1.82, 2.24) is 5.32 Å². The van der Waals surface area contributed by atoms with Crippen LogP contribution >= 0.6 is 0 Å². The summed E-state index contributed by atoms with van der Waals surface area (Å²) in [4.78, 5) is 22.3. The Morgan fingerprint density at radius 3 is 2.50 bits per heavy atom. The van der Waals surface area contributed by atoms with Gasteiger partial charge < -0.3 is 10.4 Å². The molecule has 4 nitrogen and oxygen atoms in total. The number of hydrogen-bond donors (Lipinski definition) is 2. The molecule has 0 radical (unpaired) electrons. The van der Waals surface area contributed by atoms with Crippen LogP contribution in [0.4, 0.5) is 13.2 Å². The molecule has 1 rings (SSSR count). The number of rotatable bonds is 5. The van der Waals surface area contributed by atoms with Gasteiger partial charge in [-0.1, -0.05) is 25.1 Å². The molecule has 0 unspecified atom stereocenters. The fourth-order valence-corrected chi connectivity index (χ4v) is 1.63. The summed E-state index contributed by atoms with van der Waals surface area (Å²) in [7, 11) is 0. The van der Waals surface area contributed by atoms with Crippen molar-refractivity contribution in [3.63, 3.8) is 0 Å². The second-order valence-electron chi connectivity index (χ2n) is 4.24. The molecule has 2 N–H and O–H groups in total. The van der Waals surface area contributed by atoms with Gasteiger partial charge >= 0.3 is 12.1 Å². The van der Waals surface area contributed by atoms with Crippen LogP contribution in [0.3, 0.4) is 0 Å². The zero-order valence-corrected chi connectivity index (χ0v) is 10.7. The van der Waals surface area contributed by atoms with Gasteiger partial charge in [0.25, 0.3) is 0 Å². The van der Waals surface area contributed by atoms with Crippen molar-refractivity contribution >= 4 is 11.9 Å². The summed E-state index contributed by atoms with van der Waals surface area (Å²) < 4.78 is 37.5. The van der Waals surface area contributed by atoms with Gasteiger partial charge in [-0.15, -0.1) is 0 Å². The summed E-state index contributed by atoms with van der Waals surface area (Å²) in [6.07, 6.45) is -4.57. The maximum atomic E-state index is 12.5. The van der Waals surface area contributed by atoms with Crippen LogP contribution in [0.2, 0.25) is 0 Å². The average Bonchev–Trinajstić information content (AvgIpc) is 2.34. The lowest BCUT2D eigenvalue weighted by Gasteiger charge is -2.13. The van der Waals surface area contributed by atoms with Crippen LogP contribution in [0.25, 0.3) is 0 Å². The second-order valence-corrected chi connectivity index (χ2v) is 4.24. The van der Waals surface area contributed by atoms with Gasteiger partial charge in [0.05, 0.1) is 12.0 Å². The van der Waals surface area contributed by atoms with Gasteiger partial charge in [-0.25, -0.2) is 4.79 Å². The zero-order chi connectivity index (χ0) is 15.3. The van der Waals surface area contributed by atoms with E-state index in [1.807, 2.05) is 0 Å². The fraction of sp³-hybridized carbons (Fsp3) is 0.385. The second kappa shape index (κ2) is 6.40. The van der Waals surface area contributed by atoms with Gasteiger partial charge in [-0.3, -0.25) is 4.79 Å². The van der Waals surface area contributed by atoms with E-state index in [1.165, 1.54) is 12.1 Å². The van der Waals surface area contributed by atoms with Crippen LogP contribution in [-0.2, 0) is 22.2 Å². The molecule has 0 bridgehead atoms. The summed E-state index contributed by atoms with van der Waals surface area (Å²) in [5, 5.41) is 11.0. The van der Waals surface area contributed by atoms with Gasteiger partial charge in [0, 0.05) is 0 Å². The van der Waals surface area contributed by atoms with Crippen molar-refractivity contribution in [2.75, 3.05) is 0 Å². The molecule has 0 aliphatic carbocycles. The first-order chi connectivity index (χ1) is 9.24. The average molecular weight is 289 g/mol. The molecule has 0 spiro atoms. The number of carboxylic acids is 1. The van der Waals surface area contributed by atoms with Crippen LogP contribution in [0.5, 0.6) is 0 Å². The minimum atomic E-state index is -4.47. The Balaban J connectivity index is 2.74. The van der Waals surface area contributed by atoms with Gasteiger partial charge in [0.1, 0.15) is 6.04 Å². The normalized spacial score (nSPS) is 12.8. The van der Waals surface area contributed by atoms with Gasteiger partial charge in [-0.2, -0.15) is 13.2 Å². The minimum Gasteiger partial charge on any atom is -0.480 e. The molecule has 0 aromatic heterocycles. The highest BCUT2D eigenvalue weighted by molar-refractivity contribution is 5.84. The highest BCUT2D eigenvalue weighted by Crippen LogP contribution is 2.29. The highest BCUT2D eigenvalue weighted by atomic mass is 19.4. The smallest absolute Gasteiger partial charge is 0.416 e. The number of carbonyl (C=O) groups is 2. The molecule has 1 amide bonds. The van der Waals surface area contributed by atoms with Gasteiger partial charge in [-0.05, 0) is 18.1 Å². The number of amides is 1. The Bertz CT molecular complexity index is 500. The van der Waals surface area contributed by atoms with Crippen molar-refractivity contribution in [2.45, 2.75) is 32.0 Å². The molecular formula is C13H14F3NO3. The molecule has 110 valence electrons. The Morgan fingerprint density at radius 1 is 1.35 bits per heavy atom. The van der Waals surface area contributed by atoms with Crippen molar-refractivity contribution in [3.8, 4) is 0 Å². The maximum absolute atomic E-state index is 12.5. The van der Waals surface area contributed by atoms with Crippen molar-refractivity contribution in [1.29, 1.82) is 0 Å². The summed E-state index contributed by atoms with van der Waals surface area (Å²) >= 11 is 0. The van der Waals surface area contributed by atoms with Crippen LogP contribution in [0.15, 0.2) is 24.3 Å². The first-order valence-electron chi connectivity index (χ1n) is 5.92. The van der Waals surface area contributed by atoms with Crippen molar-refractivity contribution in [3.05, 3.63) is 35.4 Å². The Labute approximate surface area is 113 Å². The standard InChI is InChI=1S/C13H14F3NO3/c1-2-10(12(19)20)17-11(18)7-8-4-3-5-9(6-8)13(14,15)16/h3-6,10H,2,7H2,1H3,(H,17,18)(H,19,20)/t10-/m0/s1. The van der Waals surface area contributed by atoms with Crippen LogP contribution in [-0.4, -0.2) is 23.0 Å². The summed E-state index contributed by atoms with van der Waals surface area (Å²) in [5.41, 5.74) is -0.661. The molecule has 1 aromatic carbocycles. The monoisotopic (exact) mass is 289 g/mol. The van der Waals surface area contributed by atoms with E-state index in [0.717, 1.165) is 12.1 Å². The predicted molar refractivity (Wildman–Crippen MR) is 65.0 cm³/mol. The minimum absolute atomic E-state index is 0.178. The van der Waals surface area contributed by atoms with Crippen molar-refractivity contribution in [2.24, 2.45) is 0 Å². The summed E-state index contributed by atoms with van der Waals surface area (Å²) in [6, 6.07) is 3.35. The van der Waals surface area contributed by atoms with E-state index in [4.69, 9.17) is 5.11 Å². The topological polar surface area (TPSA) is 66.4 Å². The molecule has 0 saturated carbocycles. The lowest BCUT2D eigenvalue weighted by molar-refractivity contribution is -0.141. The van der Waals surface area contributed by atoms with E-state index in [-0.39, 0.29) is 18.4 Å². The third-order valence-electron chi connectivity index (χ3n) is 2.66. The third-order valence-corrected chi connectivity index (χ3v) is 2.66.